The van der Waals surface area contributed by atoms with Crippen LogP contribution in [0.1, 0.15) is 13.3 Å². The van der Waals surface area contributed by atoms with Crippen molar-refractivity contribution in [2.24, 2.45) is 0 Å². The van der Waals surface area contributed by atoms with E-state index in [4.69, 9.17) is 0 Å². The Kier molecular flexibility index (Phi) is 4.97. The second-order valence-corrected chi connectivity index (χ2v) is 9.29. The van der Waals surface area contributed by atoms with Crippen LogP contribution >= 0.6 is 0 Å². The fourth-order valence-electron chi connectivity index (χ4n) is 0.669. The van der Waals surface area contributed by atoms with Gasteiger partial charge in [0.1, 0.15) is 0 Å². The molecule has 0 N–H and O–H groups in total. The van der Waals surface area contributed by atoms with Crippen molar-refractivity contribution in [3.63, 3.8) is 0 Å². The molecule has 1 aromatic carbocycles. The number of hydrogen-bond acceptors (Lipinski definition) is 0. The zero-order chi connectivity index (χ0) is 7.94. The minimum atomic E-state index is 0.782. The third kappa shape index (κ3) is 3.98. The van der Waals surface area contributed by atoms with Crippen molar-refractivity contribution in [3.05, 3.63) is 30.3 Å². The summed E-state index contributed by atoms with van der Waals surface area (Å²) in [5.41, 5.74) is 0. The van der Waals surface area contributed by atoms with Crippen LogP contribution in [0.4, 0.5) is 0 Å². The Bertz CT molecular complexity index is 184. The first-order chi connectivity index (χ1) is 5.43. The Hall–Kier alpha value is 0.259. The summed E-state index contributed by atoms with van der Waals surface area (Å²) in [5, 5.41) is 1.45. The van der Waals surface area contributed by atoms with Crippen LogP contribution in [0.3, 0.4) is 0 Å². The number of rotatable bonds is 4. The van der Waals surface area contributed by atoms with Gasteiger partial charge in [0.2, 0.25) is 0 Å². The van der Waals surface area contributed by atoms with E-state index in [1.54, 1.807) is 4.46 Å². The van der Waals surface area contributed by atoms with Crippen LogP contribution in [-0.2, 0) is 0 Å². The van der Waals surface area contributed by atoms with Crippen LogP contribution in [0.15, 0.2) is 30.3 Å². The molecule has 11 heavy (non-hydrogen) atoms. The van der Waals surface area contributed by atoms with Crippen molar-refractivity contribution in [2.75, 3.05) is 0 Å². The summed E-state index contributed by atoms with van der Waals surface area (Å²) in [7, 11) is 0. The Morgan fingerprint density at radius 1 is 1.18 bits per heavy atom. The standard InChI is InChI=1S/C9H12Se2/c1-2-8-10-11-9-6-4-3-5-7-9/h3-7H,2,8H2,1H3. The van der Waals surface area contributed by atoms with Gasteiger partial charge < -0.3 is 0 Å². The Morgan fingerprint density at radius 3 is 2.55 bits per heavy atom. The quantitative estimate of drug-likeness (QED) is 0.578. The van der Waals surface area contributed by atoms with Gasteiger partial charge in [-0.3, -0.25) is 0 Å². The molecular formula is C9H12Se2. The fourth-order valence-corrected chi connectivity index (χ4v) is 7.46. The normalized spacial score (nSPS) is 9.91. The molecule has 60 valence electrons. The average Bonchev–Trinajstić information content (AvgIpc) is 2.07. The monoisotopic (exact) mass is 280 g/mol. The van der Waals surface area contributed by atoms with Gasteiger partial charge in [0.05, 0.1) is 0 Å². The molecule has 0 atom stereocenters. The molecular weight excluding hydrogens is 266 g/mol. The third-order valence-corrected chi connectivity index (χ3v) is 8.81. The van der Waals surface area contributed by atoms with E-state index in [9.17, 15) is 0 Å². The Morgan fingerprint density at radius 2 is 1.91 bits per heavy atom. The van der Waals surface area contributed by atoms with Gasteiger partial charge >= 0.3 is 79.7 Å². The molecule has 0 aliphatic heterocycles. The van der Waals surface area contributed by atoms with Crippen LogP contribution in [-0.4, -0.2) is 26.3 Å². The summed E-state index contributed by atoms with van der Waals surface area (Å²) in [6.45, 7) is 2.27. The SMILES string of the molecule is CCC[Se][Se]c1ccccc1. The van der Waals surface area contributed by atoms with Crippen molar-refractivity contribution < 1.29 is 0 Å². The summed E-state index contributed by atoms with van der Waals surface area (Å²) in [4.78, 5) is 0. The van der Waals surface area contributed by atoms with Crippen LogP contribution in [0.25, 0.3) is 0 Å². The molecule has 0 aliphatic carbocycles. The summed E-state index contributed by atoms with van der Waals surface area (Å²) < 4.78 is 1.56. The first kappa shape index (κ1) is 9.35. The zero-order valence-corrected chi connectivity index (χ0v) is 10.0. The first-order valence-electron chi connectivity index (χ1n) is 3.78. The summed E-state index contributed by atoms with van der Waals surface area (Å²) in [6, 6.07) is 10.9. The van der Waals surface area contributed by atoms with E-state index in [1.165, 1.54) is 11.7 Å². The molecule has 0 saturated carbocycles. The van der Waals surface area contributed by atoms with Gasteiger partial charge in [-0.25, -0.2) is 0 Å². The van der Waals surface area contributed by atoms with Gasteiger partial charge in [-0.2, -0.15) is 0 Å². The van der Waals surface area contributed by atoms with Crippen LogP contribution in [0, 0.1) is 0 Å². The molecule has 0 unspecified atom stereocenters. The maximum atomic E-state index is 2.27. The predicted molar refractivity (Wildman–Crippen MR) is 52.7 cm³/mol. The summed E-state index contributed by atoms with van der Waals surface area (Å²) in [6.07, 6.45) is 1.36. The number of hydrogen-bond donors (Lipinski definition) is 0. The van der Waals surface area contributed by atoms with Gasteiger partial charge in [-0.15, -0.1) is 0 Å². The van der Waals surface area contributed by atoms with E-state index in [-0.39, 0.29) is 0 Å². The average molecular weight is 278 g/mol. The second kappa shape index (κ2) is 5.85. The predicted octanol–water partition coefficient (Wildman–Crippen LogP) is 1.46. The maximum absolute atomic E-state index is 2.27. The molecule has 2 heteroatoms. The van der Waals surface area contributed by atoms with Crippen LogP contribution in [0.5, 0.6) is 0 Å². The van der Waals surface area contributed by atoms with E-state index in [1.807, 2.05) is 0 Å². The van der Waals surface area contributed by atoms with E-state index >= 15 is 0 Å². The van der Waals surface area contributed by atoms with Gasteiger partial charge in [0, 0.05) is 0 Å². The molecule has 0 heterocycles. The van der Waals surface area contributed by atoms with Gasteiger partial charge in [0.25, 0.3) is 0 Å². The molecule has 1 rings (SSSR count). The van der Waals surface area contributed by atoms with E-state index < -0.39 is 0 Å². The van der Waals surface area contributed by atoms with E-state index in [0.29, 0.717) is 0 Å². The Balaban J connectivity index is 2.28. The summed E-state index contributed by atoms with van der Waals surface area (Å²) in [5.74, 6) is 0. The molecule has 0 spiro atoms. The minimum absolute atomic E-state index is 0.782. The molecule has 0 aliphatic rings. The molecule has 0 radical (unpaired) electrons. The van der Waals surface area contributed by atoms with E-state index in [2.05, 4.69) is 37.3 Å². The van der Waals surface area contributed by atoms with Crippen molar-refractivity contribution in [1.82, 2.24) is 0 Å². The molecule has 1 aromatic rings. The number of benzene rings is 1. The topological polar surface area (TPSA) is 0 Å². The van der Waals surface area contributed by atoms with Gasteiger partial charge in [0.15, 0.2) is 0 Å². The molecule has 0 aromatic heterocycles. The van der Waals surface area contributed by atoms with Crippen molar-refractivity contribution in [3.8, 4) is 0 Å². The first-order valence-corrected chi connectivity index (χ1v) is 10.2. The molecule has 0 amide bonds. The van der Waals surface area contributed by atoms with Gasteiger partial charge in [-0.05, 0) is 0 Å². The molecule has 0 fully saturated rings. The fraction of sp³-hybridized carbons (Fsp3) is 0.333. The van der Waals surface area contributed by atoms with Crippen LogP contribution < -0.4 is 4.46 Å². The van der Waals surface area contributed by atoms with Crippen LogP contribution in [0.2, 0.25) is 5.32 Å². The van der Waals surface area contributed by atoms with Crippen molar-refractivity contribution >= 4 is 30.7 Å². The van der Waals surface area contributed by atoms with Crippen molar-refractivity contribution in [2.45, 2.75) is 18.7 Å². The molecule has 0 bridgehead atoms. The third-order valence-electron chi connectivity index (χ3n) is 1.19. The van der Waals surface area contributed by atoms with E-state index in [0.717, 1.165) is 26.3 Å². The second-order valence-electron chi connectivity index (χ2n) is 2.22. The van der Waals surface area contributed by atoms with Crippen molar-refractivity contribution in [1.29, 1.82) is 0 Å². The van der Waals surface area contributed by atoms with Gasteiger partial charge in [-0.1, -0.05) is 0 Å². The summed E-state index contributed by atoms with van der Waals surface area (Å²) >= 11 is 1.67. The molecule has 0 saturated heterocycles. The Labute approximate surface area is 79.6 Å². The zero-order valence-electron chi connectivity index (χ0n) is 6.62. The molecule has 0 nitrogen and oxygen atoms in total.